The molecular formula is C16H25N3. The smallest absolute Gasteiger partial charge is 0.131 e. The monoisotopic (exact) mass is 259 g/mol. The Bertz CT molecular complexity index is 444. The van der Waals surface area contributed by atoms with Crippen molar-refractivity contribution in [2.45, 2.75) is 51.6 Å². The van der Waals surface area contributed by atoms with E-state index in [9.17, 15) is 0 Å². The lowest BCUT2D eigenvalue weighted by Crippen LogP contribution is -2.35. The second-order valence-corrected chi connectivity index (χ2v) is 6.11. The first-order valence-corrected chi connectivity index (χ1v) is 7.66. The van der Waals surface area contributed by atoms with Gasteiger partial charge in [-0.25, -0.2) is 4.98 Å². The number of pyridine rings is 1. The molecule has 1 aromatic heterocycles. The van der Waals surface area contributed by atoms with Gasteiger partial charge in [0.25, 0.3) is 0 Å². The van der Waals surface area contributed by atoms with Crippen molar-refractivity contribution in [2.75, 3.05) is 18.5 Å². The number of aryl methyl sites for hydroxylation is 1. The van der Waals surface area contributed by atoms with Crippen LogP contribution in [0.5, 0.6) is 0 Å². The van der Waals surface area contributed by atoms with Gasteiger partial charge in [-0.2, -0.15) is 0 Å². The summed E-state index contributed by atoms with van der Waals surface area (Å²) >= 11 is 0. The molecule has 0 spiro atoms. The van der Waals surface area contributed by atoms with Gasteiger partial charge < -0.3 is 10.2 Å². The van der Waals surface area contributed by atoms with E-state index in [0.717, 1.165) is 18.5 Å². The minimum Gasteiger partial charge on any atom is -0.353 e. The summed E-state index contributed by atoms with van der Waals surface area (Å²) in [7, 11) is 1.98. The Labute approximate surface area is 116 Å². The fourth-order valence-electron chi connectivity index (χ4n) is 3.90. The summed E-state index contributed by atoms with van der Waals surface area (Å²) in [4.78, 5) is 7.34. The van der Waals surface area contributed by atoms with E-state index >= 15 is 0 Å². The molecule has 1 saturated carbocycles. The van der Waals surface area contributed by atoms with E-state index in [1.165, 1.54) is 55.6 Å². The predicted molar refractivity (Wildman–Crippen MR) is 79.4 cm³/mol. The van der Waals surface area contributed by atoms with Crippen LogP contribution < -0.4 is 10.2 Å². The van der Waals surface area contributed by atoms with Crippen LogP contribution in [0.15, 0.2) is 12.3 Å². The Kier molecular flexibility index (Phi) is 3.74. The maximum Gasteiger partial charge on any atom is 0.131 e. The SMILES string of the molecule is CNCc1cnc(N2CCC3CCCCC32)c(C)c1. The van der Waals surface area contributed by atoms with Gasteiger partial charge in [0.05, 0.1) is 0 Å². The third kappa shape index (κ3) is 2.48. The molecule has 1 aliphatic heterocycles. The molecule has 1 aromatic rings. The molecule has 2 aliphatic rings. The lowest BCUT2D eigenvalue weighted by Gasteiger charge is -2.33. The van der Waals surface area contributed by atoms with Crippen LogP contribution >= 0.6 is 0 Å². The summed E-state index contributed by atoms with van der Waals surface area (Å²) in [5, 5.41) is 3.19. The molecule has 2 atom stereocenters. The molecule has 0 bridgehead atoms. The average Bonchev–Trinajstić information content (AvgIpc) is 2.83. The zero-order valence-electron chi connectivity index (χ0n) is 12.2. The molecule has 1 saturated heterocycles. The average molecular weight is 259 g/mol. The quantitative estimate of drug-likeness (QED) is 0.904. The van der Waals surface area contributed by atoms with Crippen molar-refractivity contribution in [3.63, 3.8) is 0 Å². The second-order valence-electron chi connectivity index (χ2n) is 6.11. The van der Waals surface area contributed by atoms with E-state index in [-0.39, 0.29) is 0 Å². The molecule has 1 N–H and O–H groups in total. The summed E-state index contributed by atoms with van der Waals surface area (Å²) in [6.45, 7) is 4.31. The molecule has 104 valence electrons. The number of rotatable bonds is 3. The van der Waals surface area contributed by atoms with Crippen molar-refractivity contribution in [1.82, 2.24) is 10.3 Å². The highest BCUT2D eigenvalue weighted by atomic mass is 15.2. The molecule has 3 nitrogen and oxygen atoms in total. The number of hydrogen-bond donors (Lipinski definition) is 1. The molecule has 3 heteroatoms. The van der Waals surface area contributed by atoms with Crippen molar-refractivity contribution < 1.29 is 0 Å². The minimum absolute atomic E-state index is 0.759. The largest absolute Gasteiger partial charge is 0.353 e. The van der Waals surface area contributed by atoms with Gasteiger partial charge in [0.1, 0.15) is 5.82 Å². The summed E-state index contributed by atoms with van der Waals surface area (Å²) in [6, 6.07) is 3.05. The number of anilines is 1. The maximum atomic E-state index is 4.76. The molecule has 3 rings (SSSR count). The van der Waals surface area contributed by atoms with Gasteiger partial charge in [-0.15, -0.1) is 0 Å². The van der Waals surface area contributed by atoms with Crippen molar-refractivity contribution in [1.29, 1.82) is 0 Å². The molecule has 2 unspecified atom stereocenters. The third-order valence-electron chi connectivity index (χ3n) is 4.77. The Morgan fingerprint density at radius 2 is 2.16 bits per heavy atom. The number of aromatic nitrogens is 1. The number of nitrogens with one attached hydrogen (secondary N) is 1. The first-order valence-electron chi connectivity index (χ1n) is 7.66. The van der Waals surface area contributed by atoms with E-state index in [0.29, 0.717) is 0 Å². The van der Waals surface area contributed by atoms with Gasteiger partial charge in [-0.3, -0.25) is 0 Å². The van der Waals surface area contributed by atoms with Crippen LogP contribution in [0.4, 0.5) is 5.82 Å². The Balaban J connectivity index is 1.82. The molecule has 0 radical (unpaired) electrons. The molecule has 19 heavy (non-hydrogen) atoms. The van der Waals surface area contributed by atoms with E-state index < -0.39 is 0 Å². The first kappa shape index (κ1) is 12.9. The Hall–Kier alpha value is -1.09. The number of fused-ring (bicyclic) bond motifs is 1. The second kappa shape index (κ2) is 5.49. The highest BCUT2D eigenvalue weighted by Crippen LogP contribution is 2.39. The van der Waals surface area contributed by atoms with Gasteiger partial charge in [0.2, 0.25) is 0 Å². The van der Waals surface area contributed by atoms with E-state index in [1.807, 2.05) is 13.2 Å². The fraction of sp³-hybridized carbons (Fsp3) is 0.688. The summed E-state index contributed by atoms with van der Waals surface area (Å²) < 4.78 is 0. The van der Waals surface area contributed by atoms with Crippen LogP contribution in [0.25, 0.3) is 0 Å². The van der Waals surface area contributed by atoms with Crippen molar-refractivity contribution in [2.24, 2.45) is 5.92 Å². The van der Waals surface area contributed by atoms with Gasteiger partial charge in [-0.1, -0.05) is 12.8 Å². The third-order valence-corrected chi connectivity index (χ3v) is 4.77. The lowest BCUT2D eigenvalue weighted by molar-refractivity contribution is 0.341. The zero-order chi connectivity index (χ0) is 13.2. The minimum atomic E-state index is 0.759. The van der Waals surface area contributed by atoms with Crippen molar-refractivity contribution in [3.05, 3.63) is 23.4 Å². The molecule has 2 fully saturated rings. The van der Waals surface area contributed by atoms with Crippen LogP contribution in [0.1, 0.15) is 43.2 Å². The van der Waals surface area contributed by atoms with Gasteiger partial charge in [-0.05, 0) is 56.3 Å². The fourth-order valence-corrected chi connectivity index (χ4v) is 3.90. The first-order chi connectivity index (χ1) is 9.29. The van der Waals surface area contributed by atoms with Gasteiger partial charge in [0, 0.05) is 25.3 Å². The van der Waals surface area contributed by atoms with Crippen LogP contribution in [0.2, 0.25) is 0 Å². The van der Waals surface area contributed by atoms with Crippen molar-refractivity contribution >= 4 is 5.82 Å². The van der Waals surface area contributed by atoms with E-state index in [4.69, 9.17) is 4.98 Å². The van der Waals surface area contributed by atoms with Gasteiger partial charge in [0.15, 0.2) is 0 Å². The van der Waals surface area contributed by atoms with E-state index in [2.05, 4.69) is 23.2 Å². The molecule has 2 heterocycles. The number of hydrogen-bond acceptors (Lipinski definition) is 3. The van der Waals surface area contributed by atoms with Crippen LogP contribution in [-0.4, -0.2) is 24.6 Å². The van der Waals surface area contributed by atoms with Crippen LogP contribution in [-0.2, 0) is 6.54 Å². The van der Waals surface area contributed by atoms with Crippen LogP contribution in [0.3, 0.4) is 0 Å². The molecule has 0 aromatic carbocycles. The highest BCUT2D eigenvalue weighted by Gasteiger charge is 2.36. The Morgan fingerprint density at radius 3 is 2.95 bits per heavy atom. The molecule has 1 aliphatic carbocycles. The maximum absolute atomic E-state index is 4.76. The number of nitrogens with zero attached hydrogens (tertiary/aromatic N) is 2. The normalized spacial score (nSPS) is 26.5. The lowest BCUT2D eigenvalue weighted by atomic mass is 9.85. The summed E-state index contributed by atoms with van der Waals surface area (Å²) in [6.07, 6.45) is 9.03. The molecule has 0 amide bonds. The zero-order valence-corrected chi connectivity index (χ0v) is 12.2. The van der Waals surface area contributed by atoms with Crippen LogP contribution in [0, 0.1) is 12.8 Å². The standard InChI is InChI=1S/C16H25N3/c1-12-9-13(10-17-2)11-18-16(12)19-8-7-14-5-3-4-6-15(14)19/h9,11,14-15,17H,3-8,10H2,1-2H3. The Morgan fingerprint density at radius 1 is 1.32 bits per heavy atom. The van der Waals surface area contributed by atoms with E-state index in [1.54, 1.807) is 0 Å². The molecular weight excluding hydrogens is 234 g/mol. The predicted octanol–water partition coefficient (Wildman–Crippen LogP) is 2.88. The topological polar surface area (TPSA) is 28.2 Å². The summed E-state index contributed by atoms with van der Waals surface area (Å²) in [5.41, 5.74) is 2.61. The van der Waals surface area contributed by atoms with Crippen molar-refractivity contribution in [3.8, 4) is 0 Å². The summed E-state index contributed by atoms with van der Waals surface area (Å²) in [5.74, 6) is 2.15. The highest BCUT2D eigenvalue weighted by molar-refractivity contribution is 5.49. The van der Waals surface area contributed by atoms with Gasteiger partial charge >= 0.3 is 0 Å².